The van der Waals surface area contributed by atoms with Gasteiger partial charge in [-0.25, -0.2) is 9.69 Å². The van der Waals surface area contributed by atoms with Crippen LogP contribution >= 0.6 is 0 Å². The molecule has 1 aromatic carbocycles. The molecule has 1 aromatic rings. The van der Waals surface area contributed by atoms with Crippen LogP contribution in [-0.2, 0) is 4.79 Å². The second kappa shape index (κ2) is 7.59. The number of likely N-dealkylation sites (N-methyl/N-ethyl adjacent to an activating group) is 2. The van der Waals surface area contributed by atoms with Crippen molar-refractivity contribution < 1.29 is 19.3 Å². The molecule has 2 atom stereocenters. The molecule has 29 heavy (non-hydrogen) atoms. The number of aliphatic hydroxyl groups is 1. The first-order chi connectivity index (χ1) is 13.9. The fraction of sp³-hybridized carbons (Fsp3) is 0.524. The number of benzene rings is 1. The van der Waals surface area contributed by atoms with Crippen molar-refractivity contribution in [2.75, 3.05) is 33.7 Å². The number of rotatable bonds is 3. The van der Waals surface area contributed by atoms with E-state index in [4.69, 9.17) is 4.99 Å². The number of carbonyl (C=O) groups excluding carboxylic acids is 2. The zero-order valence-corrected chi connectivity index (χ0v) is 17.2. The minimum absolute atomic E-state index is 0.227. The Hall–Kier alpha value is -2.74. The molecule has 0 bridgehead atoms. The summed E-state index contributed by atoms with van der Waals surface area (Å²) < 4.78 is 2.18. The highest BCUT2D eigenvalue weighted by atomic mass is 16.3. The van der Waals surface area contributed by atoms with E-state index in [1.165, 1.54) is 11.9 Å². The van der Waals surface area contributed by atoms with Crippen molar-refractivity contribution in [3.05, 3.63) is 35.9 Å². The minimum Gasteiger partial charge on any atom is -0.385 e. The highest BCUT2D eigenvalue weighted by Gasteiger charge is 2.55. The predicted molar refractivity (Wildman–Crippen MR) is 109 cm³/mol. The summed E-state index contributed by atoms with van der Waals surface area (Å²) in [5.41, 5.74) is 0.786. The van der Waals surface area contributed by atoms with Crippen LogP contribution in [0.1, 0.15) is 31.4 Å². The number of guanidine groups is 1. The molecule has 0 spiro atoms. The molecule has 0 saturated carbocycles. The van der Waals surface area contributed by atoms with Gasteiger partial charge in [-0.1, -0.05) is 42.2 Å². The van der Waals surface area contributed by atoms with Gasteiger partial charge >= 0.3 is 12.0 Å². The Morgan fingerprint density at radius 1 is 1.14 bits per heavy atom. The molecule has 2 unspecified atom stereocenters. The molecule has 4 rings (SSSR count). The number of nitrogens with zero attached hydrogens (tertiary/aromatic N) is 5. The number of hydrogen-bond acceptors (Lipinski definition) is 3. The number of amidine groups is 1. The van der Waals surface area contributed by atoms with Gasteiger partial charge in [-0.15, -0.1) is 0 Å². The van der Waals surface area contributed by atoms with Crippen LogP contribution in [0.3, 0.4) is 0 Å². The molecule has 2 saturated heterocycles. The Balaban J connectivity index is 1.72. The molecule has 3 aliphatic heterocycles. The third-order valence-electron chi connectivity index (χ3n) is 6.13. The average molecular weight is 398 g/mol. The van der Waals surface area contributed by atoms with Gasteiger partial charge in [0.05, 0.1) is 19.6 Å². The van der Waals surface area contributed by atoms with Crippen molar-refractivity contribution in [2.45, 2.75) is 31.9 Å². The summed E-state index contributed by atoms with van der Waals surface area (Å²) in [7, 11) is 3.13. The molecule has 3 heterocycles. The second-order valence-electron chi connectivity index (χ2n) is 8.16. The number of hydrogen-bond donors (Lipinski definition) is 1. The van der Waals surface area contributed by atoms with Crippen LogP contribution in [0.4, 0.5) is 4.79 Å². The molecule has 3 aliphatic rings. The van der Waals surface area contributed by atoms with Crippen LogP contribution in [0, 0.1) is 5.92 Å². The molecule has 8 nitrogen and oxygen atoms in total. The lowest BCUT2D eigenvalue weighted by Crippen LogP contribution is -2.63. The zero-order valence-electron chi connectivity index (χ0n) is 17.2. The standard InChI is InChI=1S/C21H28N5O3/c1-14-9-11-25(12-10-14)20-22-18-17(19(28)24(3)21(29)23(18)2)26(20)13-16(27)15-7-5-4-6-8-15/h4-8,14,16-17,27H,9-13H2,1-3H3/q+1. The van der Waals surface area contributed by atoms with Gasteiger partial charge < -0.3 is 5.11 Å². The topological polar surface area (TPSA) is 79.5 Å². The molecule has 154 valence electrons. The van der Waals surface area contributed by atoms with E-state index in [1.807, 2.05) is 35.2 Å². The first kappa shape index (κ1) is 19.6. The summed E-state index contributed by atoms with van der Waals surface area (Å²) >= 11 is 0. The van der Waals surface area contributed by atoms with Crippen molar-refractivity contribution in [3.63, 3.8) is 0 Å². The third-order valence-corrected chi connectivity index (χ3v) is 6.13. The molecular formula is C21H28N5O3+. The van der Waals surface area contributed by atoms with Crippen LogP contribution in [0.25, 0.3) is 0 Å². The highest BCUT2D eigenvalue weighted by molar-refractivity contribution is 6.25. The molecule has 0 radical (unpaired) electrons. The molecule has 2 fully saturated rings. The van der Waals surface area contributed by atoms with Crippen LogP contribution in [-0.4, -0.2) is 87.9 Å². The molecule has 1 N–H and O–H groups in total. The normalized spacial score (nSPS) is 26.1. The molecule has 3 amide bonds. The summed E-state index contributed by atoms with van der Waals surface area (Å²) in [4.78, 5) is 34.6. The minimum atomic E-state index is -0.773. The van der Waals surface area contributed by atoms with Crippen molar-refractivity contribution in [2.24, 2.45) is 10.9 Å². The van der Waals surface area contributed by atoms with Crippen molar-refractivity contribution >= 4 is 23.7 Å². The zero-order chi connectivity index (χ0) is 20.7. The lowest BCUT2D eigenvalue weighted by atomic mass is 10.0. The summed E-state index contributed by atoms with van der Waals surface area (Å²) in [5, 5.41) is 10.9. The van der Waals surface area contributed by atoms with Crippen LogP contribution < -0.4 is 0 Å². The maximum absolute atomic E-state index is 13.0. The average Bonchev–Trinajstić information content (AvgIpc) is 3.11. The molecule has 8 heteroatoms. The van der Waals surface area contributed by atoms with E-state index in [9.17, 15) is 14.7 Å². The molecule has 0 aromatic heterocycles. The summed E-state index contributed by atoms with van der Waals surface area (Å²) in [6.45, 7) is 4.16. The van der Waals surface area contributed by atoms with Gasteiger partial charge in [-0.2, -0.15) is 0 Å². The number of imide groups is 1. The number of fused-ring (bicyclic) bond motifs is 1. The number of β-amino-alcohol motifs (C(OH)–C–C–N with tert-alkyl or cyclic N) is 1. The number of aliphatic hydroxyl groups excluding tert-OH is 1. The van der Waals surface area contributed by atoms with Crippen molar-refractivity contribution in [1.29, 1.82) is 0 Å². The van der Waals surface area contributed by atoms with E-state index in [0.29, 0.717) is 17.7 Å². The molecule has 0 aliphatic carbocycles. The van der Waals surface area contributed by atoms with E-state index in [0.717, 1.165) is 36.4 Å². The third kappa shape index (κ3) is 3.42. The largest absolute Gasteiger partial charge is 0.392 e. The van der Waals surface area contributed by atoms with Gasteiger partial charge in [0.15, 0.2) is 0 Å². The Morgan fingerprint density at radius 2 is 1.79 bits per heavy atom. The Bertz CT molecular complexity index is 872. The first-order valence-corrected chi connectivity index (χ1v) is 10.1. The molecular weight excluding hydrogens is 370 g/mol. The second-order valence-corrected chi connectivity index (χ2v) is 8.16. The van der Waals surface area contributed by atoms with Gasteiger partial charge in [0.25, 0.3) is 5.91 Å². The van der Waals surface area contributed by atoms with E-state index in [-0.39, 0.29) is 18.5 Å². The van der Waals surface area contributed by atoms with Gasteiger partial charge in [-0.3, -0.25) is 19.2 Å². The van der Waals surface area contributed by atoms with E-state index < -0.39 is 12.1 Å². The van der Waals surface area contributed by atoms with E-state index in [2.05, 4.69) is 11.5 Å². The van der Waals surface area contributed by atoms with Crippen LogP contribution in [0.5, 0.6) is 0 Å². The van der Waals surface area contributed by atoms with Gasteiger partial charge in [-0.05, 0) is 24.3 Å². The van der Waals surface area contributed by atoms with E-state index >= 15 is 0 Å². The summed E-state index contributed by atoms with van der Waals surface area (Å²) in [5.74, 6) is 1.46. The van der Waals surface area contributed by atoms with Crippen LogP contribution in [0.2, 0.25) is 0 Å². The fourth-order valence-corrected chi connectivity index (χ4v) is 4.20. The lowest BCUT2D eigenvalue weighted by Gasteiger charge is -2.34. The monoisotopic (exact) mass is 398 g/mol. The lowest BCUT2D eigenvalue weighted by molar-refractivity contribution is -0.545. The quantitative estimate of drug-likeness (QED) is 0.774. The first-order valence-electron chi connectivity index (χ1n) is 10.1. The van der Waals surface area contributed by atoms with Crippen LogP contribution in [0.15, 0.2) is 35.3 Å². The Kier molecular flexibility index (Phi) is 5.12. The van der Waals surface area contributed by atoms with Gasteiger partial charge in [0, 0.05) is 14.1 Å². The maximum atomic E-state index is 13.0. The number of carbonyl (C=O) groups is 2. The van der Waals surface area contributed by atoms with Gasteiger partial charge in [0.1, 0.15) is 6.10 Å². The SMILES string of the molecule is CC1CC[N+](=C2N=C3C(C(=O)N(C)C(=O)N3C)N2CC(O)c2ccccc2)CC1. The predicted octanol–water partition coefficient (Wildman–Crippen LogP) is 1.12. The number of aliphatic imine (C=N–C) groups is 1. The Labute approximate surface area is 170 Å². The number of urea groups is 1. The van der Waals surface area contributed by atoms with Crippen molar-refractivity contribution in [1.82, 2.24) is 14.7 Å². The maximum Gasteiger partial charge on any atom is 0.392 e. The summed E-state index contributed by atoms with van der Waals surface area (Å²) in [6.07, 6.45) is 1.33. The van der Waals surface area contributed by atoms with Crippen molar-refractivity contribution in [3.8, 4) is 0 Å². The Morgan fingerprint density at radius 3 is 2.45 bits per heavy atom. The highest BCUT2D eigenvalue weighted by Crippen LogP contribution is 2.27. The smallest absolute Gasteiger partial charge is 0.385 e. The fourth-order valence-electron chi connectivity index (χ4n) is 4.20. The summed E-state index contributed by atoms with van der Waals surface area (Å²) in [6, 6.07) is 8.32. The van der Waals surface area contributed by atoms with Gasteiger partial charge in [0.2, 0.25) is 11.9 Å². The number of amides is 3. The number of piperidine rings is 1. The van der Waals surface area contributed by atoms with E-state index in [1.54, 1.807) is 7.05 Å².